The summed E-state index contributed by atoms with van der Waals surface area (Å²) in [6, 6.07) is -0.263. The number of nitrogens with one attached hydrogen (secondary N) is 1. The molecule has 0 bridgehead atoms. The molecule has 172 valence electrons. The zero-order chi connectivity index (χ0) is 22.5. The van der Waals surface area contributed by atoms with Crippen LogP contribution >= 0.6 is 0 Å². The van der Waals surface area contributed by atoms with E-state index >= 15 is 4.39 Å². The molecule has 1 aliphatic heterocycles. The van der Waals surface area contributed by atoms with E-state index in [2.05, 4.69) is 15.3 Å². The van der Waals surface area contributed by atoms with Gasteiger partial charge in [-0.25, -0.2) is 19.4 Å². The van der Waals surface area contributed by atoms with Gasteiger partial charge in [0.15, 0.2) is 11.6 Å². The Hall–Kier alpha value is -2.33. The Bertz CT molecular complexity index is 789. The third kappa shape index (κ3) is 5.68. The average molecular weight is 438 g/mol. The summed E-state index contributed by atoms with van der Waals surface area (Å²) in [4.78, 5) is 33.7. The van der Waals surface area contributed by atoms with Gasteiger partial charge in [0.2, 0.25) is 12.3 Å². The van der Waals surface area contributed by atoms with Crippen LogP contribution in [0.2, 0.25) is 0 Å². The molecule has 1 saturated heterocycles. The normalized spacial score (nSPS) is 22.5. The van der Waals surface area contributed by atoms with E-state index in [-0.39, 0.29) is 43.0 Å². The quantitative estimate of drug-likeness (QED) is 0.305. The monoisotopic (exact) mass is 437 g/mol. The van der Waals surface area contributed by atoms with E-state index < -0.39 is 17.8 Å². The molecule has 2 amide bonds. The molecule has 0 aromatic carbocycles. The molecule has 2 heterocycles. The largest absolute Gasteiger partial charge is 0.391 e. The SMILES string of the molecule is Cc1nc(CNC(=O)[C@H](CC2CCCC2)CN(O)C=O)c(F)c(N2CC[C@@H](O)[C@@H]2C)n1. The van der Waals surface area contributed by atoms with E-state index in [9.17, 15) is 19.9 Å². The Morgan fingerprint density at radius 3 is 2.68 bits per heavy atom. The van der Waals surface area contributed by atoms with Crippen molar-refractivity contribution in [2.45, 2.75) is 71.1 Å². The number of aromatic nitrogens is 2. The highest BCUT2D eigenvalue weighted by molar-refractivity contribution is 5.79. The summed E-state index contributed by atoms with van der Waals surface area (Å²) in [5, 5.41) is 22.8. The standard InChI is InChI=1S/C21H32FN5O4/c1-13-18(29)7-8-27(13)20-19(22)17(24-14(2)25-20)10-23-21(30)16(11-26(31)12-28)9-15-5-3-4-6-15/h12-13,15-16,18,29,31H,3-11H2,1-2H3,(H,23,30)/t13-,16+,18+/m0/s1. The fraction of sp³-hybridized carbons (Fsp3) is 0.714. The van der Waals surface area contributed by atoms with Crippen LogP contribution in [0.4, 0.5) is 10.2 Å². The van der Waals surface area contributed by atoms with Crippen molar-refractivity contribution < 1.29 is 24.3 Å². The first kappa shape index (κ1) is 23.3. The molecule has 31 heavy (non-hydrogen) atoms. The summed E-state index contributed by atoms with van der Waals surface area (Å²) in [6.45, 7) is 3.73. The summed E-state index contributed by atoms with van der Waals surface area (Å²) in [5.41, 5.74) is 0.0697. The minimum absolute atomic E-state index is 0.0697. The fourth-order valence-electron chi connectivity index (χ4n) is 4.63. The molecule has 3 N–H and O–H groups in total. The molecule has 1 saturated carbocycles. The summed E-state index contributed by atoms with van der Waals surface area (Å²) >= 11 is 0. The molecule has 0 spiro atoms. The number of nitrogens with zero attached hydrogens (tertiary/aromatic N) is 4. The van der Waals surface area contributed by atoms with Crippen LogP contribution in [0.25, 0.3) is 0 Å². The zero-order valence-corrected chi connectivity index (χ0v) is 18.1. The Balaban J connectivity index is 1.70. The summed E-state index contributed by atoms with van der Waals surface area (Å²) < 4.78 is 15.2. The summed E-state index contributed by atoms with van der Waals surface area (Å²) in [7, 11) is 0. The van der Waals surface area contributed by atoms with Crippen molar-refractivity contribution in [2.75, 3.05) is 18.0 Å². The van der Waals surface area contributed by atoms with Gasteiger partial charge in [0.05, 0.1) is 31.2 Å². The van der Waals surface area contributed by atoms with Crippen molar-refractivity contribution in [3.8, 4) is 0 Å². The molecule has 0 unspecified atom stereocenters. The number of hydrogen-bond acceptors (Lipinski definition) is 7. The maximum Gasteiger partial charge on any atom is 0.233 e. The van der Waals surface area contributed by atoms with Crippen LogP contribution in [-0.2, 0) is 16.1 Å². The maximum absolute atomic E-state index is 15.2. The van der Waals surface area contributed by atoms with Crippen molar-refractivity contribution in [1.29, 1.82) is 0 Å². The average Bonchev–Trinajstić information content (AvgIpc) is 3.37. The molecule has 1 aromatic heterocycles. The third-order valence-corrected chi connectivity index (χ3v) is 6.42. The van der Waals surface area contributed by atoms with Crippen molar-refractivity contribution in [1.82, 2.24) is 20.3 Å². The van der Waals surface area contributed by atoms with Crippen LogP contribution in [0.1, 0.15) is 57.0 Å². The van der Waals surface area contributed by atoms with Crippen LogP contribution in [0.15, 0.2) is 0 Å². The molecule has 0 radical (unpaired) electrons. The summed E-state index contributed by atoms with van der Waals surface area (Å²) in [6.07, 6.45) is 5.12. The lowest BCUT2D eigenvalue weighted by Gasteiger charge is -2.25. The number of anilines is 1. The van der Waals surface area contributed by atoms with E-state index in [1.807, 2.05) is 6.92 Å². The second-order valence-electron chi connectivity index (χ2n) is 8.67. The number of hydroxylamine groups is 2. The van der Waals surface area contributed by atoms with E-state index in [0.717, 1.165) is 25.7 Å². The van der Waals surface area contributed by atoms with Crippen molar-refractivity contribution in [3.05, 3.63) is 17.3 Å². The number of amides is 2. The predicted molar refractivity (Wildman–Crippen MR) is 111 cm³/mol. The Kier molecular flexibility index (Phi) is 7.77. The first-order valence-corrected chi connectivity index (χ1v) is 11.0. The second kappa shape index (κ2) is 10.3. The molecular formula is C21H32FN5O4. The van der Waals surface area contributed by atoms with Gasteiger partial charge in [-0.2, -0.15) is 0 Å². The van der Waals surface area contributed by atoms with Gasteiger partial charge < -0.3 is 15.3 Å². The molecule has 3 atom stereocenters. The number of hydrogen-bond donors (Lipinski definition) is 3. The van der Waals surface area contributed by atoms with Crippen molar-refractivity contribution in [2.24, 2.45) is 11.8 Å². The van der Waals surface area contributed by atoms with Crippen LogP contribution in [0.5, 0.6) is 0 Å². The number of carbonyl (C=O) groups excluding carboxylic acids is 2. The van der Waals surface area contributed by atoms with Gasteiger partial charge in [0, 0.05) is 6.54 Å². The third-order valence-electron chi connectivity index (χ3n) is 6.42. The molecule has 2 fully saturated rings. The number of aliphatic hydroxyl groups is 1. The van der Waals surface area contributed by atoms with Gasteiger partial charge in [-0.1, -0.05) is 25.7 Å². The number of halogens is 1. The highest BCUT2D eigenvalue weighted by atomic mass is 19.1. The number of carbonyl (C=O) groups is 2. The predicted octanol–water partition coefficient (Wildman–Crippen LogP) is 1.54. The van der Waals surface area contributed by atoms with Gasteiger partial charge in [0.1, 0.15) is 11.5 Å². The van der Waals surface area contributed by atoms with Gasteiger partial charge >= 0.3 is 0 Å². The van der Waals surface area contributed by atoms with Crippen molar-refractivity contribution in [3.63, 3.8) is 0 Å². The lowest BCUT2D eigenvalue weighted by atomic mass is 9.92. The lowest BCUT2D eigenvalue weighted by Crippen LogP contribution is -2.39. The number of rotatable bonds is 9. The van der Waals surface area contributed by atoms with Crippen molar-refractivity contribution >= 4 is 18.1 Å². The first-order valence-electron chi connectivity index (χ1n) is 11.0. The molecule has 1 aliphatic carbocycles. The van der Waals surface area contributed by atoms with Crippen LogP contribution in [0, 0.1) is 24.6 Å². The van der Waals surface area contributed by atoms with E-state index in [0.29, 0.717) is 36.2 Å². The molecule has 3 rings (SSSR count). The van der Waals surface area contributed by atoms with Crippen LogP contribution in [-0.4, -0.2) is 62.9 Å². The fourth-order valence-corrected chi connectivity index (χ4v) is 4.63. The van der Waals surface area contributed by atoms with Gasteiger partial charge in [-0.15, -0.1) is 0 Å². The smallest absolute Gasteiger partial charge is 0.233 e. The molecule has 9 nitrogen and oxygen atoms in total. The molecule has 10 heteroatoms. The minimum Gasteiger partial charge on any atom is -0.391 e. The Morgan fingerprint density at radius 1 is 1.35 bits per heavy atom. The van der Waals surface area contributed by atoms with Gasteiger partial charge in [0.25, 0.3) is 0 Å². The summed E-state index contributed by atoms with van der Waals surface area (Å²) in [5.74, 6) is -0.670. The Morgan fingerprint density at radius 2 is 2.06 bits per heavy atom. The minimum atomic E-state index is -0.615. The number of aryl methyl sites for hydroxylation is 1. The first-order chi connectivity index (χ1) is 14.8. The van der Waals surface area contributed by atoms with E-state index in [1.165, 1.54) is 0 Å². The Labute approximate surface area is 181 Å². The van der Waals surface area contributed by atoms with Crippen LogP contribution < -0.4 is 10.2 Å². The highest BCUT2D eigenvalue weighted by Crippen LogP contribution is 2.31. The number of aliphatic hydroxyl groups excluding tert-OH is 1. The van der Waals surface area contributed by atoms with Gasteiger partial charge in [-0.3, -0.25) is 14.8 Å². The second-order valence-corrected chi connectivity index (χ2v) is 8.67. The van der Waals surface area contributed by atoms with Crippen LogP contribution in [0.3, 0.4) is 0 Å². The maximum atomic E-state index is 15.2. The van der Waals surface area contributed by atoms with Gasteiger partial charge in [-0.05, 0) is 32.6 Å². The molecule has 2 aliphatic rings. The van der Waals surface area contributed by atoms with E-state index in [1.54, 1.807) is 11.8 Å². The molecule has 1 aromatic rings. The van der Waals surface area contributed by atoms with E-state index in [4.69, 9.17) is 0 Å². The molecular weight excluding hydrogens is 405 g/mol. The zero-order valence-electron chi connectivity index (χ0n) is 18.1. The topological polar surface area (TPSA) is 119 Å². The lowest BCUT2D eigenvalue weighted by molar-refractivity contribution is -0.155. The highest BCUT2D eigenvalue weighted by Gasteiger charge is 2.33.